The lowest BCUT2D eigenvalue weighted by molar-refractivity contribution is -0.0325. The normalized spacial score (nSPS) is 24.0. The van der Waals surface area contributed by atoms with E-state index in [1.54, 1.807) is 0 Å². The van der Waals surface area contributed by atoms with Crippen LogP contribution in [0.15, 0.2) is 0 Å². The molecule has 3 heteroatoms. The number of hydrogen-bond acceptors (Lipinski definition) is 3. The molecule has 0 aliphatic carbocycles. The van der Waals surface area contributed by atoms with E-state index in [0.29, 0.717) is 11.5 Å². The number of nitrogens with one attached hydrogen (secondary N) is 1. The van der Waals surface area contributed by atoms with E-state index < -0.39 is 0 Å². The monoisotopic (exact) mass is 284 g/mol. The lowest BCUT2D eigenvalue weighted by Crippen LogP contribution is -2.51. The van der Waals surface area contributed by atoms with Crippen LogP contribution in [0.4, 0.5) is 0 Å². The van der Waals surface area contributed by atoms with E-state index in [0.717, 1.165) is 32.2 Å². The van der Waals surface area contributed by atoms with Crippen molar-refractivity contribution in [3.63, 3.8) is 0 Å². The molecule has 1 aliphatic rings. The van der Waals surface area contributed by atoms with Crippen molar-refractivity contribution in [2.75, 3.05) is 39.4 Å². The molecule has 0 aromatic heterocycles. The molecular formula is C17H36N2O. The summed E-state index contributed by atoms with van der Waals surface area (Å²) in [5.41, 5.74) is 0.312. The highest BCUT2D eigenvalue weighted by atomic mass is 16.5. The summed E-state index contributed by atoms with van der Waals surface area (Å²) in [5, 5.41) is 3.64. The molecule has 3 nitrogen and oxygen atoms in total. The fourth-order valence-corrected chi connectivity index (χ4v) is 3.12. The third-order valence-corrected chi connectivity index (χ3v) is 4.20. The van der Waals surface area contributed by atoms with Crippen LogP contribution in [0.3, 0.4) is 0 Å². The molecule has 0 amide bonds. The number of hydrogen-bond donors (Lipinski definition) is 1. The molecule has 0 radical (unpaired) electrons. The van der Waals surface area contributed by atoms with E-state index in [4.69, 9.17) is 4.74 Å². The van der Waals surface area contributed by atoms with Gasteiger partial charge < -0.3 is 10.1 Å². The number of nitrogens with zero attached hydrogens (tertiary/aromatic N) is 1. The summed E-state index contributed by atoms with van der Waals surface area (Å²) in [6, 6.07) is 0.613. The van der Waals surface area contributed by atoms with Crippen molar-refractivity contribution in [2.45, 2.75) is 59.9 Å². The summed E-state index contributed by atoms with van der Waals surface area (Å²) in [6.45, 7) is 17.9. The van der Waals surface area contributed by atoms with Crippen LogP contribution in [0.1, 0.15) is 53.9 Å². The van der Waals surface area contributed by atoms with Crippen molar-refractivity contribution in [2.24, 2.45) is 11.3 Å². The predicted octanol–water partition coefficient (Wildman–Crippen LogP) is 3.15. The van der Waals surface area contributed by atoms with E-state index >= 15 is 0 Å². The lowest BCUT2D eigenvalue weighted by Gasteiger charge is -2.43. The smallest absolute Gasteiger partial charge is 0.0546 e. The summed E-state index contributed by atoms with van der Waals surface area (Å²) in [7, 11) is 0. The second-order valence-corrected chi connectivity index (χ2v) is 7.25. The van der Waals surface area contributed by atoms with Crippen molar-refractivity contribution >= 4 is 0 Å². The van der Waals surface area contributed by atoms with Crippen LogP contribution in [0.25, 0.3) is 0 Å². The molecule has 0 aromatic rings. The molecule has 1 rings (SSSR count). The first-order valence-electron chi connectivity index (χ1n) is 8.51. The SMILES string of the molecule is CCCNCC1(CN(CC(C)C)C(C)C)CCCOC1. The minimum Gasteiger partial charge on any atom is -0.381 e. The van der Waals surface area contributed by atoms with Crippen LogP contribution >= 0.6 is 0 Å². The second kappa shape index (κ2) is 9.01. The molecule has 1 fully saturated rings. The molecule has 1 unspecified atom stereocenters. The quantitative estimate of drug-likeness (QED) is 0.658. The molecule has 0 aromatic carbocycles. The Morgan fingerprint density at radius 1 is 1.25 bits per heavy atom. The molecular weight excluding hydrogens is 248 g/mol. The topological polar surface area (TPSA) is 24.5 Å². The molecule has 1 aliphatic heterocycles. The van der Waals surface area contributed by atoms with Gasteiger partial charge in [-0.15, -0.1) is 0 Å². The zero-order valence-corrected chi connectivity index (χ0v) is 14.4. The van der Waals surface area contributed by atoms with Gasteiger partial charge in [-0.2, -0.15) is 0 Å². The average Bonchev–Trinajstić information content (AvgIpc) is 2.39. The molecule has 20 heavy (non-hydrogen) atoms. The third-order valence-electron chi connectivity index (χ3n) is 4.20. The van der Waals surface area contributed by atoms with E-state index in [1.165, 1.54) is 32.4 Å². The van der Waals surface area contributed by atoms with E-state index in [9.17, 15) is 0 Å². The standard InChI is InChI=1S/C17H36N2O/c1-6-9-18-12-17(8-7-10-20-14-17)13-19(16(4)5)11-15(2)3/h15-16,18H,6-14H2,1-5H3. The Morgan fingerprint density at radius 2 is 2.00 bits per heavy atom. The fraction of sp³-hybridized carbons (Fsp3) is 1.00. The van der Waals surface area contributed by atoms with Crippen molar-refractivity contribution in [3.05, 3.63) is 0 Å². The van der Waals surface area contributed by atoms with Gasteiger partial charge in [-0.25, -0.2) is 0 Å². The highest BCUT2D eigenvalue weighted by Gasteiger charge is 2.35. The van der Waals surface area contributed by atoms with Gasteiger partial charge in [-0.05, 0) is 45.6 Å². The van der Waals surface area contributed by atoms with Gasteiger partial charge in [0.2, 0.25) is 0 Å². The Balaban J connectivity index is 2.65. The number of ether oxygens (including phenoxy) is 1. The first-order valence-corrected chi connectivity index (χ1v) is 8.51. The van der Waals surface area contributed by atoms with Gasteiger partial charge in [-0.3, -0.25) is 4.90 Å². The van der Waals surface area contributed by atoms with Gasteiger partial charge >= 0.3 is 0 Å². The molecule has 1 saturated heterocycles. The molecule has 0 bridgehead atoms. The summed E-state index contributed by atoms with van der Waals surface area (Å²) < 4.78 is 5.84. The van der Waals surface area contributed by atoms with Crippen LogP contribution in [-0.4, -0.2) is 50.3 Å². The van der Waals surface area contributed by atoms with Crippen molar-refractivity contribution in [1.82, 2.24) is 10.2 Å². The van der Waals surface area contributed by atoms with Gasteiger partial charge in [0.15, 0.2) is 0 Å². The Hall–Kier alpha value is -0.120. The molecule has 1 atom stereocenters. The average molecular weight is 284 g/mol. The highest BCUT2D eigenvalue weighted by molar-refractivity contribution is 4.88. The van der Waals surface area contributed by atoms with E-state index in [1.807, 2.05) is 0 Å². The van der Waals surface area contributed by atoms with Crippen molar-refractivity contribution < 1.29 is 4.74 Å². The van der Waals surface area contributed by atoms with Crippen LogP contribution in [0, 0.1) is 11.3 Å². The van der Waals surface area contributed by atoms with E-state index in [-0.39, 0.29) is 0 Å². The Bertz CT molecular complexity index is 247. The maximum absolute atomic E-state index is 5.84. The maximum Gasteiger partial charge on any atom is 0.0546 e. The minimum absolute atomic E-state index is 0.312. The zero-order valence-electron chi connectivity index (χ0n) is 14.4. The summed E-state index contributed by atoms with van der Waals surface area (Å²) in [6.07, 6.45) is 3.71. The Labute approximate surface area is 126 Å². The first kappa shape index (κ1) is 17.9. The number of rotatable bonds is 9. The van der Waals surface area contributed by atoms with Gasteiger partial charge in [0.25, 0.3) is 0 Å². The largest absolute Gasteiger partial charge is 0.381 e. The minimum atomic E-state index is 0.312. The zero-order chi connectivity index (χ0) is 15.0. The van der Waals surface area contributed by atoms with Gasteiger partial charge in [-0.1, -0.05) is 20.8 Å². The lowest BCUT2D eigenvalue weighted by atomic mass is 9.81. The summed E-state index contributed by atoms with van der Waals surface area (Å²) in [5.74, 6) is 0.725. The van der Waals surface area contributed by atoms with Gasteiger partial charge in [0.05, 0.1) is 6.61 Å². The molecule has 120 valence electrons. The Morgan fingerprint density at radius 3 is 2.50 bits per heavy atom. The Kier molecular flexibility index (Phi) is 8.08. The fourth-order valence-electron chi connectivity index (χ4n) is 3.12. The molecule has 1 heterocycles. The molecule has 0 saturated carbocycles. The van der Waals surface area contributed by atoms with Gasteiger partial charge in [0.1, 0.15) is 0 Å². The summed E-state index contributed by atoms with van der Waals surface area (Å²) >= 11 is 0. The second-order valence-electron chi connectivity index (χ2n) is 7.25. The van der Waals surface area contributed by atoms with Crippen LogP contribution in [0.2, 0.25) is 0 Å². The molecule has 0 spiro atoms. The van der Waals surface area contributed by atoms with Crippen LogP contribution in [0.5, 0.6) is 0 Å². The van der Waals surface area contributed by atoms with Crippen LogP contribution in [-0.2, 0) is 4.74 Å². The predicted molar refractivity (Wildman–Crippen MR) is 87.2 cm³/mol. The third kappa shape index (κ3) is 6.11. The first-order chi connectivity index (χ1) is 9.49. The highest BCUT2D eigenvalue weighted by Crippen LogP contribution is 2.30. The van der Waals surface area contributed by atoms with Gasteiger partial charge in [0, 0.05) is 37.7 Å². The molecule has 1 N–H and O–H groups in total. The summed E-state index contributed by atoms with van der Waals surface area (Å²) in [4.78, 5) is 2.65. The van der Waals surface area contributed by atoms with E-state index in [2.05, 4.69) is 44.8 Å². The van der Waals surface area contributed by atoms with Crippen molar-refractivity contribution in [3.8, 4) is 0 Å². The van der Waals surface area contributed by atoms with Crippen molar-refractivity contribution in [1.29, 1.82) is 0 Å². The van der Waals surface area contributed by atoms with Crippen LogP contribution < -0.4 is 5.32 Å². The maximum atomic E-state index is 5.84.